The Morgan fingerprint density at radius 3 is 1.42 bits per heavy atom. The van der Waals surface area contributed by atoms with Crippen molar-refractivity contribution in [2.24, 2.45) is 0 Å². The quantitative estimate of drug-likeness (QED) is 0.0297. The average molecular weight is 767 g/mol. The molecule has 0 aliphatic carbocycles. The molecule has 0 heterocycles. The summed E-state index contributed by atoms with van der Waals surface area (Å²) in [7, 11) is 5.48. The second-order valence-corrected chi connectivity index (χ2v) is 14.5. The van der Waals surface area contributed by atoms with E-state index in [2.05, 4.69) is 111 Å². The van der Waals surface area contributed by atoms with Crippen LogP contribution in [0.15, 0.2) is 97.2 Å². The summed E-state index contributed by atoms with van der Waals surface area (Å²) < 4.78 is 17.1. The van der Waals surface area contributed by atoms with Crippen LogP contribution in [0.3, 0.4) is 0 Å². The molecule has 0 fully saturated rings. The Bertz CT molecular complexity index is 1220. The summed E-state index contributed by atoms with van der Waals surface area (Å²) in [5.74, 6) is -1.58. The maximum absolute atomic E-state index is 12.7. The van der Waals surface area contributed by atoms with Gasteiger partial charge in [0.25, 0.3) is 0 Å². The highest BCUT2D eigenvalue weighted by Gasteiger charge is 2.31. The number of hydrogen-bond donors (Lipinski definition) is 1. The Balaban J connectivity index is 4.43. The van der Waals surface area contributed by atoms with Gasteiger partial charge in [-0.1, -0.05) is 117 Å². The third-order valence-corrected chi connectivity index (χ3v) is 8.48. The zero-order valence-electron chi connectivity index (χ0n) is 35.1. The first-order valence-electron chi connectivity index (χ1n) is 20.8. The summed E-state index contributed by atoms with van der Waals surface area (Å²) >= 11 is 0. The van der Waals surface area contributed by atoms with E-state index < -0.39 is 18.1 Å². The van der Waals surface area contributed by atoms with Gasteiger partial charge in [-0.3, -0.25) is 9.59 Å². The summed E-state index contributed by atoms with van der Waals surface area (Å²) in [5, 5.41) is 9.59. The van der Waals surface area contributed by atoms with Crippen molar-refractivity contribution in [3.8, 4) is 0 Å². The summed E-state index contributed by atoms with van der Waals surface area (Å²) in [5.41, 5.74) is 0. The number of carbonyl (C=O) groups is 3. The molecular weight excluding hydrogens is 691 g/mol. The van der Waals surface area contributed by atoms with Crippen LogP contribution < -0.4 is 0 Å². The molecule has 0 aliphatic rings. The van der Waals surface area contributed by atoms with Crippen LogP contribution in [-0.2, 0) is 28.6 Å². The molecule has 310 valence electrons. The molecule has 0 aromatic carbocycles. The van der Waals surface area contributed by atoms with Gasteiger partial charge in [0.15, 0.2) is 12.1 Å². The molecule has 8 nitrogen and oxygen atoms in total. The molecule has 0 aromatic heterocycles. The van der Waals surface area contributed by atoms with Crippen LogP contribution >= 0.6 is 0 Å². The lowest BCUT2D eigenvalue weighted by Gasteiger charge is -2.31. The first-order chi connectivity index (χ1) is 26.6. The minimum absolute atomic E-state index is 0.0302. The van der Waals surface area contributed by atoms with Crippen LogP contribution in [0, 0.1) is 0 Å². The predicted molar refractivity (Wildman–Crippen MR) is 229 cm³/mol. The average Bonchev–Trinajstić information content (AvgIpc) is 3.14. The van der Waals surface area contributed by atoms with Gasteiger partial charge in [0.1, 0.15) is 6.61 Å². The Labute approximate surface area is 335 Å². The number of likely N-dealkylation sites (N-methyl/N-ethyl adjacent to an activating group) is 1. The number of allylic oxidation sites excluding steroid dienone is 16. The molecule has 2 atom stereocenters. The van der Waals surface area contributed by atoms with E-state index in [9.17, 15) is 19.5 Å². The fraction of sp³-hybridized carbons (Fsp3) is 0.596. The number of aliphatic carboxylic acids is 1. The zero-order chi connectivity index (χ0) is 40.7. The Hall–Kier alpha value is -3.75. The highest BCUT2D eigenvalue weighted by atomic mass is 16.6. The molecule has 0 aromatic rings. The van der Waals surface area contributed by atoms with Crippen LogP contribution in [0.1, 0.15) is 129 Å². The van der Waals surface area contributed by atoms with Gasteiger partial charge in [-0.05, 0) is 89.9 Å². The van der Waals surface area contributed by atoms with Crippen LogP contribution in [0.2, 0.25) is 0 Å². The molecule has 1 N–H and O–H groups in total. The van der Waals surface area contributed by atoms with Gasteiger partial charge in [-0.25, -0.2) is 4.79 Å². The minimum Gasteiger partial charge on any atom is -0.477 e. The van der Waals surface area contributed by atoms with Gasteiger partial charge in [-0.2, -0.15) is 0 Å². The molecular formula is C47H76NO7+. The van der Waals surface area contributed by atoms with Gasteiger partial charge in [0.05, 0.1) is 34.4 Å². The van der Waals surface area contributed by atoms with Gasteiger partial charge >= 0.3 is 17.9 Å². The Morgan fingerprint density at radius 1 is 0.545 bits per heavy atom. The molecule has 0 radical (unpaired) electrons. The molecule has 0 aliphatic heterocycles. The second kappa shape index (κ2) is 37.2. The summed E-state index contributed by atoms with van der Waals surface area (Å²) in [6, 6.07) is -0.630. The van der Waals surface area contributed by atoms with Gasteiger partial charge in [0.2, 0.25) is 0 Å². The fourth-order valence-electron chi connectivity index (χ4n) is 5.31. The summed E-state index contributed by atoms with van der Waals surface area (Å²) in [6.45, 7) is 4.39. The number of carbonyl (C=O) groups excluding carboxylic acids is 2. The van der Waals surface area contributed by atoms with E-state index in [1.54, 1.807) is 0 Å². The summed E-state index contributed by atoms with van der Waals surface area (Å²) in [4.78, 5) is 36.8. The number of rotatable bonds is 35. The number of esters is 2. The van der Waals surface area contributed by atoms with E-state index in [0.29, 0.717) is 19.3 Å². The lowest BCUT2D eigenvalue weighted by atomic mass is 10.1. The molecule has 0 bridgehead atoms. The molecule has 0 saturated carbocycles. The number of carboxylic acid groups (broad SMARTS) is 1. The number of unbranched alkanes of at least 4 members (excludes halogenated alkanes) is 5. The number of ether oxygens (including phenoxy) is 3. The first-order valence-corrected chi connectivity index (χ1v) is 20.8. The molecule has 55 heavy (non-hydrogen) atoms. The van der Waals surface area contributed by atoms with E-state index in [4.69, 9.17) is 14.2 Å². The van der Waals surface area contributed by atoms with Crippen LogP contribution in [0.5, 0.6) is 0 Å². The Morgan fingerprint density at radius 2 is 0.964 bits per heavy atom. The number of quaternary nitrogens is 1. The Kier molecular flexibility index (Phi) is 34.7. The topological polar surface area (TPSA) is 99.1 Å². The molecule has 0 amide bonds. The molecule has 8 heteroatoms. The monoisotopic (exact) mass is 767 g/mol. The van der Waals surface area contributed by atoms with Crippen LogP contribution in [-0.4, -0.2) is 80.6 Å². The van der Waals surface area contributed by atoms with E-state index in [1.807, 2.05) is 21.1 Å². The number of carboxylic acids is 1. The lowest BCUT2D eigenvalue weighted by Crippen LogP contribution is -2.50. The lowest BCUT2D eigenvalue weighted by molar-refractivity contribution is -0.887. The van der Waals surface area contributed by atoms with Crippen molar-refractivity contribution in [3.63, 3.8) is 0 Å². The third kappa shape index (κ3) is 35.7. The summed E-state index contributed by atoms with van der Waals surface area (Å²) in [6.07, 6.45) is 49.0. The van der Waals surface area contributed by atoms with E-state index in [0.717, 1.165) is 89.9 Å². The standard InChI is InChI=1S/C47H75NO7/c1-6-8-10-12-14-16-17-18-19-20-21-22-23-24-25-26-27-28-30-32-34-36-38-46(50)55-43(41-53-40-39-44(47(51)52)48(3,4)5)42-54-45(49)37-35-33-31-29-15-13-11-9-7-2/h8-11,14-16,18-19,21-22,24-25,27-29,43-44H,6-7,12-13,17,20,23,26,30-42H2,1-5H3/p+1/b10-8+,11-9+,16-14+,19-18+,22-21+,25-24+,28-27+,29-15+. The fourth-order valence-corrected chi connectivity index (χ4v) is 5.31. The van der Waals surface area contributed by atoms with Crippen LogP contribution in [0.4, 0.5) is 0 Å². The predicted octanol–water partition coefficient (Wildman–Crippen LogP) is 11.1. The molecule has 0 saturated heterocycles. The van der Waals surface area contributed by atoms with Gasteiger partial charge in [-0.15, -0.1) is 0 Å². The van der Waals surface area contributed by atoms with Crippen molar-refractivity contribution in [2.45, 2.75) is 142 Å². The molecule has 0 rings (SSSR count). The molecule has 2 unspecified atom stereocenters. The SMILES string of the molecule is CC/C=C/C/C=C/C/C=C/C/C=C/C/C=C/C/C=C/CCCCCC(=O)OC(COCCC(C(=O)O)[N+](C)(C)C)COC(=O)CCCC/C=C/C/C=C/CC. The second-order valence-electron chi connectivity index (χ2n) is 14.5. The van der Waals surface area contributed by atoms with Crippen molar-refractivity contribution < 1.29 is 38.2 Å². The maximum Gasteiger partial charge on any atom is 0.362 e. The van der Waals surface area contributed by atoms with Crippen molar-refractivity contribution in [1.82, 2.24) is 0 Å². The van der Waals surface area contributed by atoms with E-state index in [-0.39, 0.29) is 42.7 Å². The van der Waals surface area contributed by atoms with Gasteiger partial charge in [0, 0.05) is 19.3 Å². The normalized spacial score (nSPS) is 14.0. The zero-order valence-corrected chi connectivity index (χ0v) is 35.1. The van der Waals surface area contributed by atoms with Gasteiger partial charge < -0.3 is 23.8 Å². The van der Waals surface area contributed by atoms with Crippen molar-refractivity contribution in [2.75, 3.05) is 41.0 Å². The van der Waals surface area contributed by atoms with E-state index in [1.165, 1.54) is 0 Å². The minimum atomic E-state index is -0.891. The smallest absolute Gasteiger partial charge is 0.362 e. The highest BCUT2D eigenvalue weighted by Crippen LogP contribution is 2.11. The molecule has 0 spiro atoms. The third-order valence-electron chi connectivity index (χ3n) is 8.48. The number of hydrogen-bond acceptors (Lipinski definition) is 6. The largest absolute Gasteiger partial charge is 0.477 e. The van der Waals surface area contributed by atoms with Crippen LogP contribution in [0.25, 0.3) is 0 Å². The van der Waals surface area contributed by atoms with Crippen molar-refractivity contribution >= 4 is 17.9 Å². The number of nitrogens with zero attached hydrogens (tertiary/aromatic N) is 1. The highest BCUT2D eigenvalue weighted by molar-refractivity contribution is 5.72. The van der Waals surface area contributed by atoms with Crippen molar-refractivity contribution in [3.05, 3.63) is 97.2 Å². The van der Waals surface area contributed by atoms with Crippen molar-refractivity contribution in [1.29, 1.82) is 0 Å². The van der Waals surface area contributed by atoms with E-state index >= 15 is 0 Å². The maximum atomic E-state index is 12.7. The first kappa shape index (κ1) is 51.2.